The number of imide groups is 1. The maximum atomic E-state index is 12.6. The molecule has 0 aromatic rings. The molecule has 2 aliphatic rings. The van der Waals surface area contributed by atoms with Gasteiger partial charge in [0.05, 0.1) is 18.1 Å². The molecule has 0 aromatic carbocycles. The average molecular weight is 268 g/mol. The van der Waals surface area contributed by atoms with Crippen LogP contribution in [0.2, 0.25) is 0 Å². The molecule has 6 nitrogen and oxygen atoms in total. The molecule has 0 aliphatic carbocycles. The van der Waals surface area contributed by atoms with Crippen LogP contribution in [0.5, 0.6) is 0 Å². The summed E-state index contributed by atoms with van der Waals surface area (Å²) in [7, 11) is 0. The fourth-order valence-electron chi connectivity index (χ4n) is 2.87. The molecule has 3 amide bonds. The topological polar surface area (TPSA) is 75.7 Å². The van der Waals surface area contributed by atoms with Crippen LogP contribution in [0.4, 0.5) is 0 Å². The maximum absolute atomic E-state index is 12.6. The van der Waals surface area contributed by atoms with Crippen LogP contribution in [0.15, 0.2) is 0 Å². The fraction of sp³-hybridized carbons (Fsp3) is 0.769. The van der Waals surface area contributed by atoms with E-state index in [1.165, 1.54) is 4.90 Å². The lowest BCUT2D eigenvalue weighted by Gasteiger charge is -2.34. The largest absolute Gasteiger partial charge is 0.374 e. The molecule has 2 fully saturated rings. The van der Waals surface area contributed by atoms with Crippen LogP contribution < -0.4 is 5.32 Å². The second-order valence-electron chi connectivity index (χ2n) is 5.49. The molecule has 6 heteroatoms. The zero-order valence-electron chi connectivity index (χ0n) is 11.7. The zero-order chi connectivity index (χ0) is 14.3. The molecule has 5 atom stereocenters. The lowest BCUT2D eigenvalue weighted by molar-refractivity contribution is -0.153. The van der Waals surface area contributed by atoms with Crippen molar-refractivity contribution in [3.8, 4) is 0 Å². The molecule has 0 radical (unpaired) electrons. The van der Waals surface area contributed by atoms with Gasteiger partial charge in [0.2, 0.25) is 17.7 Å². The highest BCUT2D eigenvalue weighted by atomic mass is 16.5. The Morgan fingerprint density at radius 3 is 2.37 bits per heavy atom. The summed E-state index contributed by atoms with van der Waals surface area (Å²) >= 11 is 0. The summed E-state index contributed by atoms with van der Waals surface area (Å²) in [6.45, 7) is 7.34. The highest BCUT2D eigenvalue weighted by Crippen LogP contribution is 2.34. The van der Waals surface area contributed by atoms with Gasteiger partial charge in [0.1, 0.15) is 12.6 Å². The van der Waals surface area contributed by atoms with Gasteiger partial charge in [-0.15, -0.1) is 0 Å². The van der Waals surface area contributed by atoms with E-state index >= 15 is 0 Å². The smallest absolute Gasteiger partial charge is 0.249 e. The first-order valence-corrected chi connectivity index (χ1v) is 6.62. The second kappa shape index (κ2) is 4.92. The summed E-state index contributed by atoms with van der Waals surface area (Å²) < 4.78 is 5.65. The quantitative estimate of drug-likeness (QED) is 0.675. The molecule has 5 unspecified atom stereocenters. The normalized spacial score (nSPS) is 39.4. The molecule has 0 aromatic heterocycles. The molecule has 0 saturated carbocycles. The van der Waals surface area contributed by atoms with Crippen LogP contribution in [0.1, 0.15) is 27.7 Å². The van der Waals surface area contributed by atoms with Gasteiger partial charge < -0.3 is 9.64 Å². The minimum atomic E-state index is -0.611. The highest BCUT2D eigenvalue weighted by molar-refractivity contribution is 6.04. The predicted octanol–water partition coefficient (Wildman–Crippen LogP) is -0.0806. The van der Waals surface area contributed by atoms with E-state index in [1.54, 1.807) is 6.92 Å². The van der Waals surface area contributed by atoms with Crippen LogP contribution >= 0.6 is 0 Å². The van der Waals surface area contributed by atoms with E-state index in [9.17, 15) is 14.4 Å². The minimum Gasteiger partial charge on any atom is -0.374 e. The Morgan fingerprint density at radius 2 is 1.84 bits per heavy atom. The van der Waals surface area contributed by atoms with E-state index in [0.717, 1.165) is 0 Å². The predicted molar refractivity (Wildman–Crippen MR) is 67.0 cm³/mol. The van der Waals surface area contributed by atoms with Crippen molar-refractivity contribution < 1.29 is 19.1 Å². The Kier molecular flexibility index (Phi) is 3.62. The third-order valence-electron chi connectivity index (χ3n) is 4.23. The Balaban J connectivity index is 2.19. The molecule has 106 valence electrons. The number of carbonyl (C=O) groups is 3. The van der Waals surface area contributed by atoms with Crippen molar-refractivity contribution in [2.24, 2.45) is 11.8 Å². The van der Waals surface area contributed by atoms with Crippen LogP contribution in [-0.4, -0.2) is 47.4 Å². The molecule has 19 heavy (non-hydrogen) atoms. The minimum absolute atomic E-state index is 0.00794. The Labute approximate surface area is 112 Å². The Morgan fingerprint density at radius 1 is 1.21 bits per heavy atom. The van der Waals surface area contributed by atoms with Gasteiger partial charge in [-0.25, -0.2) is 0 Å². The van der Waals surface area contributed by atoms with Crippen molar-refractivity contribution >= 4 is 17.7 Å². The maximum Gasteiger partial charge on any atom is 0.249 e. The number of nitrogens with one attached hydrogen (secondary N) is 1. The van der Waals surface area contributed by atoms with Gasteiger partial charge in [0, 0.05) is 0 Å². The summed E-state index contributed by atoms with van der Waals surface area (Å²) in [4.78, 5) is 37.0. The van der Waals surface area contributed by atoms with Gasteiger partial charge in [0.15, 0.2) is 0 Å². The number of carbonyl (C=O) groups excluding carboxylic acids is 3. The standard InChI is InChI=1S/C13H20N2O4/c1-6-8(3)19-9(4)11(6)13(18)15-5-10(16)14-12(17)7(15)2/h6-9,11H,5H2,1-4H3,(H,14,16,17). The molecule has 1 N–H and O–H groups in total. The van der Waals surface area contributed by atoms with E-state index in [0.29, 0.717) is 0 Å². The fourth-order valence-corrected chi connectivity index (χ4v) is 2.87. The third-order valence-corrected chi connectivity index (χ3v) is 4.23. The van der Waals surface area contributed by atoms with Crippen molar-refractivity contribution in [1.29, 1.82) is 0 Å². The van der Waals surface area contributed by atoms with Crippen molar-refractivity contribution in [1.82, 2.24) is 10.2 Å². The van der Waals surface area contributed by atoms with E-state index < -0.39 is 17.9 Å². The number of hydrogen-bond acceptors (Lipinski definition) is 4. The van der Waals surface area contributed by atoms with E-state index in [1.807, 2.05) is 20.8 Å². The number of nitrogens with zero attached hydrogens (tertiary/aromatic N) is 1. The first-order chi connectivity index (χ1) is 8.82. The van der Waals surface area contributed by atoms with E-state index in [4.69, 9.17) is 4.74 Å². The monoisotopic (exact) mass is 268 g/mol. The summed E-state index contributed by atoms with van der Waals surface area (Å²) in [6.07, 6.45) is -0.182. The van der Waals surface area contributed by atoms with Gasteiger partial charge in [-0.1, -0.05) is 6.92 Å². The molecule has 2 rings (SSSR count). The van der Waals surface area contributed by atoms with Gasteiger partial charge in [-0.2, -0.15) is 0 Å². The number of hydrogen-bond donors (Lipinski definition) is 1. The SMILES string of the molecule is CC1OC(C)C(C(=O)N2CC(=O)NC(=O)C2C)C1C. The van der Waals surface area contributed by atoms with Crippen LogP contribution in [-0.2, 0) is 19.1 Å². The molecule has 2 aliphatic heterocycles. The van der Waals surface area contributed by atoms with Crippen LogP contribution in [0, 0.1) is 11.8 Å². The molecule has 0 bridgehead atoms. The number of amides is 3. The number of rotatable bonds is 1. The molecule has 2 saturated heterocycles. The first kappa shape index (κ1) is 14.0. The Bertz CT molecular complexity index is 423. The van der Waals surface area contributed by atoms with Gasteiger partial charge in [-0.05, 0) is 26.7 Å². The van der Waals surface area contributed by atoms with Crippen molar-refractivity contribution in [3.05, 3.63) is 0 Å². The molecule has 0 spiro atoms. The lowest BCUT2D eigenvalue weighted by Crippen LogP contribution is -2.60. The summed E-state index contributed by atoms with van der Waals surface area (Å²) in [5.74, 6) is -1.23. The zero-order valence-corrected chi connectivity index (χ0v) is 11.7. The Hall–Kier alpha value is -1.43. The molecular formula is C13H20N2O4. The first-order valence-electron chi connectivity index (χ1n) is 6.62. The highest BCUT2D eigenvalue weighted by Gasteiger charge is 2.46. The third kappa shape index (κ3) is 2.36. The number of piperazine rings is 1. The van der Waals surface area contributed by atoms with Crippen LogP contribution in [0.25, 0.3) is 0 Å². The molecule has 2 heterocycles. The van der Waals surface area contributed by atoms with Gasteiger partial charge in [-0.3, -0.25) is 19.7 Å². The number of ether oxygens (including phenoxy) is 1. The van der Waals surface area contributed by atoms with Crippen molar-refractivity contribution in [2.75, 3.05) is 6.54 Å². The van der Waals surface area contributed by atoms with Gasteiger partial charge >= 0.3 is 0 Å². The summed E-state index contributed by atoms with van der Waals surface area (Å²) in [5, 5.41) is 2.23. The van der Waals surface area contributed by atoms with Gasteiger partial charge in [0.25, 0.3) is 0 Å². The average Bonchev–Trinajstić information content (AvgIpc) is 2.57. The second-order valence-corrected chi connectivity index (χ2v) is 5.49. The summed E-state index contributed by atoms with van der Waals surface area (Å²) in [6, 6.07) is -0.611. The van der Waals surface area contributed by atoms with Crippen molar-refractivity contribution in [3.63, 3.8) is 0 Å². The summed E-state index contributed by atoms with van der Waals surface area (Å²) in [5.41, 5.74) is 0. The lowest BCUT2D eigenvalue weighted by atomic mass is 9.87. The van der Waals surface area contributed by atoms with E-state index in [-0.39, 0.29) is 36.5 Å². The molecular weight excluding hydrogens is 248 g/mol. The van der Waals surface area contributed by atoms with E-state index in [2.05, 4.69) is 5.32 Å². The van der Waals surface area contributed by atoms with Crippen molar-refractivity contribution in [2.45, 2.75) is 45.9 Å². The van der Waals surface area contributed by atoms with Crippen LogP contribution in [0.3, 0.4) is 0 Å².